The SMILES string of the molecule is CC(C)CCOc1ccc(C(=O)NC(=S)Nc2cccc(C(F)(F)F)c2)cc1Br. The number of alkyl halides is 3. The van der Waals surface area contributed by atoms with Gasteiger partial charge in [-0.2, -0.15) is 13.2 Å². The van der Waals surface area contributed by atoms with E-state index in [9.17, 15) is 18.0 Å². The molecule has 0 aromatic heterocycles. The molecule has 156 valence electrons. The Hall–Kier alpha value is -2.13. The number of halogens is 4. The zero-order valence-corrected chi connectivity index (χ0v) is 18.2. The van der Waals surface area contributed by atoms with Crippen LogP contribution in [-0.2, 0) is 6.18 Å². The molecule has 2 aromatic carbocycles. The van der Waals surface area contributed by atoms with E-state index in [2.05, 4.69) is 40.4 Å². The predicted octanol–water partition coefficient (Wildman–Crippen LogP) is 6.02. The van der Waals surface area contributed by atoms with Crippen LogP contribution in [0, 0.1) is 5.92 Å². The highest BCUT2D eigenvalue weighted by molar-refractivity contribution is 9.10. The molecule has 0 saturated heterocycles. The lowest BCUT2D eigenvalue weighted by Crippen LogP contribution is -2.34. The van der Waals surface area contributed by atoms with Gasteiger partial charge >= 0.3 is 6.18 Å². The first-order valence-corrected chi connectivity index (χ1v) is 9.98. The van der Waals surface area contributed by atoms with Gasteiger partial charge in [0.2, 0.25) is 0 Å². The maximum absolute atomic E-state index is 12.8. The number of hydrogen-bond acceptors (Lipinski definition) is 3. The Morgan fingerprint density at radius 1 is 1.21 bits per heavy atom. The smallest absolute Gasteiger partial charge is 0.416 e. The fraction of sp³-hybridized carbons (Fsp3) is 0.300. The number of hydrogen-bond donors (Lipinski definition) is 2. The molecule has 0 saturated carbocycles. The van der Waals surface area contributed by atoms with Crippen LogP contribution in [0.4, 0.5) is 18.9 Å². The van der Waals surface area contributed by atoms with Crippen LogP contribution in [0.25, 0.3) is 0 Å². The van der Waals surface area contributed by atoms with Crippen molar-refractivity contribution in [3.05, 3.63) is 58.1 Å². The van der Waals surface area contributed by atoms with Crippen molar-refractivity contribution in [1.82, 2.24) is 5.32 Å². The molecule has 9 heteroatoms. The third-order valence-corrected chi connectivity index (χ3v) is 4.65. The van der Waals surface area contributed by atoms with Crippen LogP contribution >= 0.6 is 28.1 Å². The minimum absolute atomic E-state index is 0.109. The van der Waals surface area contributed by atoms with Crippen LogP contribution in [0.3, 0.4) is 0 Å². The van der Waals surface area contributed by atoms with Crippen LogP contribution in [0.5, 0.6) is 5.75 Å². The number of thiocarbonyl (C=S) groups is 1. The Morgan fingerprint density at radius 3 is 2.55 bits per heavy atom. The Labute approximate surface area is 181 Å². The number of rotatable bonds is 6. The molecular weight excluding hydrogens is 469 g/mol. The first-order valence-electron chi connectivity index (χ1n) is 8.78. The maximum atomic E-state index is 12.8. The van der Waals surface area contributed by atoms with Crippen LogP contribution in [0.15, 0.2) is 46.9 Å². The lowest BCUT2D eigenvalue weighted by molar-refractivity contribution is -0.137. The first kappa shape index (κ1) is 23.2. The fourth-order valence-electron chi connectivity index (χ4n) is 2.27. The highest BCUT2D eigenvalue weighted by Crippen LogP contribution is 2.30. The van der Waals surface area contributed by atoms with Crippen molar-refractivity contribution >= 4 is 44.9 Å². The second-order valence-electron chi connectivity index (χ2n) is 6.66. The number of nitrogens with one attached hydrogen (secondary N) is 2. The lowest BCUT2D eigenvalue weighted by atomic mass is 10.1. The quantitative estimate of drug-likeness (QED) is 0.488. The monoisotopic (exact) mass is 488 g/mol. The topological polar surface area (TPSA) is 50.4 Å². The summed E-state index contributed by atoms with van der Waals surface area (Å²) in [4.78, 5) is 12.4. The predicted molar refractivity (Wildman–Crippen MR) is 114 cm³/mol. The van der Waals surface area contributed by atoms with Gasteiger partial charge in [-0.15, -0.1) is 0 Å². The average Bonchev–Trinajstić information content (AvgIpc) is 2.62. The zero-order valence-electron chi connectivity index (χ0n) is 15.8. The van der Waals surface area contributed by atoms with E-state index in [0.29, 0.717) is 28.3 Å². The van der Waals surface area contributed by atoms with E-state index < -0.39 is 17.6 Å². The van der Waals surface area contributed by atoms with E-state index in [0.717, 1.165) is 18.6 Å². The Bertz CT molecular complexity index is 888. The van der Waals surface area contributed by atoms with Crippen LogP contribution in [-0.4, -0.2) is 17.6 Å². The molecule has 0 unspecified atom stereocenters. The van der Waals surface area contributed by atoms with Gasteiger partial charge in [-0.25, -0.2) is 0 Å². The summed E-state index contributed by atoms with van der Waals surface area (Å²) in [7, 11) is 0. The van der Waals surface area contributed by atoms with Crippen molar-refractivity contribution in [2.24, 2.45) is 5.92 Å². The standard InChI is InChI=1S/C20H20BrF3N2O2S/c1-12(2)8-9-28-17-7-6-13(10-16(17)21)18(27)26-19(29)25-15-5-3-4-14(11-15)20(22,23)24/h3-7,10-12H,8-9H2,1-2H3,(H2,25,26,27,29). The molecule has 0 aliphatic rings. The molecule has 0 aliphatic heterocycles. The molecule has 2 N–H and O–H groups in total. The van der Waals surface area contributed by atoms with E-state index in [1.54, 1.807) is 18.2 Å². The van der Waals surface area contributed by atoms with Gasteiger partial charge in [0.1, 0.15) is 5.75 Å². The number of carbonyl (C=O) groups excluding carboxylic acids is 1. The molecule has 0 heterocycles. The Morgan fingerprint density at radius 2 is 1.93 bits per heavy atom. The molecule has 0 radical (unpaired) electrons. The van der Waals surface area contributed by atoms with E-state index in [1.807, 2.05) is 0 Å². The average molecular weight is 489 g/mol. The van der Waals surface area contributed by atoms with E-state index in [1.165, 1.54) is 12.1 Å². The number of ether oxygens (including phenoxy) is 1. The summed E-state index contributed by atoms with van der Waals surface area (Å²) in [6.07, 6.45) is -3.56. The highest BCUT2D eigenvalue weighted by Gasteiger charge is 2.30. The molecule has 0 fully saturated rings. The zero-order chi connectivity index (χ0) is 21.6. The molecule has 29 heavy (non-hydrogen) atoms. The lowest BCUT2D eigenvalue weighted by Gasteiger charge is -2.13. The molecule has 0 bridgehead atoms. The normalized spacial score (nSPS) is 11.3. The number of anilines is 1. The van der Waals surface area contributed by atoms with Gasteiger partial charge in [0, 0.05) is 11.3 Å². The third kappa shape index (κ3) is 7.32. The van der Waals surface area contributed by atoms with E-state index >= 15 is 0 Å². The maximum Gasteiger partial charge on any atom is 0.416 e. The van der Waals surface area contributed by atoms with Gasteiger partial charge in [0.15, 0.2) is 5.11 Å². The van der Waals surface area contributed by atoms with Crippen molar-refractivity contribution in [2.75, 3.05) is 11.9 Å². The minimum atomic E-state index is -4.46. The molecule has 1 amide bonds. The largest absolute Gasteiger partial charge is 0.492 e. The third-order valence-electron chi connectivity index (χ3n) is 3.82. The number of benzene rings is 2. The summed E-state index contributed by atoms with van der Waals surface area (Å²) in [6, 6.07) is 9.39. The first-order chi connectivity index (χ1) is 13.6. The van der Waals surface area contributed by atoms with E-state index in [-0.39, 0.29) is 10.8 Å². The van der Waals surface area contributed by atoms with Gasteiger partial charge in [-0.1, -0.05) is 19.9 Å². The van der Waals surface area contributed by atoms with Gasteiger partial charge < -0.3 is 10.1 Å². The number of amides is 1. The molecule has 2 rings (SSSR count). The highest BCUT2D eigenvalue weighted by atomic mass is 79.9. The summed E-state index contributed by atoms with van der Waals surface area (Å²) in [6.45, 7) is 4.76. The van der Waals surface area contributed by atoms with Crippen molar-refractivity contribution in [1.29, 1.82) is 0 Å². The molecule has 2 aromatic rings. The second-order valence-corrected chi connectivity index (χ2v) is 7.93. The fourth-order valence-corrected chi connectivity index (χ4v) is 2.98. The Balaban J connectivity index is 1.97. The summed E-state index contributed by atoms with van der Waals surface area (Å²) in [5.74, 6) is 0.639. The van der Waals surface area contributed by atoms with Gasteiger partial charge in [-0.3, -0.25) is 10.1 Å². The number of carbonyl (C=O) groups is 1. The van der Waals surface area contributed by atoms with Crippen LogP contribution in [0.2, 0.25) is 0 Å². The molecule has 4 nitrogen and oxygen atoms in total. The summed E-state index contributed by atoms with van der Waals surface area (Å²) >= 11 is 8.40. The summed E-state index contributed by atoms with van der Waals surface area (Å²) in [5, 5.41) is 4.92. The van der Waals surface area contributed by atoms with Gasteiger partial charge in [0.25, 0.3) is 5.91 Å². The van der Waals surface area contributed by atoms with Crippen molar-refractivity contribution in [2.45, 2.75) is 26.4 Å². The molecular formula is C20H20BrF3N2O2S. The molecule has 0 spiro atoms. The Kier molecular flexibility index (Phi) is 8.04. The van der Waals surface area contributed by atoms with Gasteiger partial charge in [0.05, 0.1) is 16.6 Å². The summed E-state index contributed by atoms with van der Waals surface area (Å²) in [5.41, 5.74) is -0.366. The van der Waals surface area contributed by atoms with Crippen LogP contribution in [0.1, 0.15) is 36.2 Å². The van der Waals surface area contributed by atoms with Crippen molar-refractivity contribution in [3.8, 4) is 5.75 Å². The second kappa shape index (κ2) is 10.1. The van der Waals surface area contributed by atoms with E-state index in [4.69, 9.17) is 17.0 Å². The summed E-state index contributed by atoms with van der Waals surface area (Å²) < 4.78 is 44.6. The van der Waals surface area contributed by atoms with Crippen molar-refractivity contribution in [3.63, 3.8) is 0 Å². The molecule has 0 atom stereocenters. The van der Waals surface area contributed by atoms with Gasteiger partial charge in [-0.05, 0) is 76.9 Å². The molecule has 0 aliphatic carbocycles. The van der Waals surface area contributed by atoms with Crippen molar-refractivity contribution < 1.29 is 22.7 Å². The minimum Gasteiger partial charge on any atom is -0.492 e. The van der Waals surface area contributed by atoms with Crippen LogP contribution < -0.4 is 15.4 Å².